The quantitative estimate of drug-likeness (QED) is 0.764. The molecule has 0 aliphatic carbocycles. The van der Waals surface area contributed by atoms with Crippen molar-refractivity contribution in [3.8, 4) is 11.5 Å². The Balaban J connectivity index is 1.75. The van der Waals surface area contributed by atoms with Gasteiger partial charge in [-0.05, 0) is 31.4 Å². The molecule has 1 fully saturated rings. The third-order valence-electron chi connectivity index (χ3n) is 4.60. The van der Waals surface area contributed by atoms with Crippen LogP contribution in [-0.4, -0.2) is 35.8 Å². The molecule has 1 aromatic heterocycles. The van der Waals surface area contributed by atoms with E-state index in [1.807, 2.05) is 12.1 Å². The zero-order valence-electron chi connectivity index (χ0n) is 15.5. The van der Waals surface area contributed by atoms with Gasteiger partial charge in [-0.15, -0.1) is 0 Å². The van der Waals surface area contributed by atoms with Crippen molar-refractivity contribution < 1.29 is 14.0 Å². The van der Waals surface area contributed by atoms with Crippen molar-refractivity contribution in [3.63, 3.8) is 0 Å². The summed E-state index contributed by atoms with van der Waals surface area (Å²) < 4.78 is 16.3. The van der Waals surface area contributed by atoms with E-state index in [1.54, 1.807) is 14.2 Å². The van der Waals surface area contributed by atoms with Crippen molar-refractivity contribution >= 4 is 0 Å². The number of methoxy groups -OCH3 is 2. The largest absolute Gasteiger partial charge is 0.497 e. The van der Waals surface area contributed by atoms with Crippen LogP contribution in [0.15, 0.2) is 22.7 Å². The van der Waals surface area contributed by atoms with Crippen molar-refractivity contribution in [2.45, 2.75) is 45.7 Å². The zero-order valence-corrected chi connectivity index (χ0v) is 15.5. The standard InChI is InChI=1S/C19H27N3O3/c1-13(2)10-18-20-19(25-21-18)12-22-9-5-6-16(22)15-8-7-14(23-3)11-17(15)24-4/h7-8,11,13,16H,5-6,9-10,12H2,1-4H3/t16-/m1/s1. The molecule has 0 amide bonds. The summed E-state index contributed by atoms with van der Waals surface area (Å²) in [5, 5.41) is 4.10. The van der Waals surface area contributed by atoms with Gasteiger partial charge in [0.15, 0.2) is 5.82 Å². The Morgan fingerprint density at radius 3 is 2.84 bits per heavy atom. The van der Waals surface area contributed by atoms with Gasteiger partial charge >= 0.3 is 0 Å². The van der Waals surface area contributed by atoms with Crippen LogP contribution in [0.5, 0.6) is 11.5 Å². The average Bonchev–Trinajstić information content (AvgIpc) is 3.23. The number of hydrogen-bond donors (Lipinski definition) is 0. The van der Waals surface area contributed by atoms with Crippen LogP contribution < -0.4 is 9.47 Å². The van der Waals surface area contributed by atoms with E-state index in [1.165, 1.54) is 5.56 Å². The van der Waals surface area contributed by atoms with Crippen LogP contribution in [0.4, 0.5) is 0 Å². The van der Waals surface area contributed by atoms with Gasteiger partial charge in [-0.1, -0.05) is 25.1 Å². The Kier molecular flexibility index (Phi) is 5.58. The first-order valence-corrected chi connectivity index (χ1v) is 8.88. The van der Waals surface area contributed by atoms with Gasteiger partial charge in [0.1, 0.15) is 11.5 Å². The Morgan fingerprint density at radius 1 is 1.28 bits per heavy atom. The van der Waals surface area contributed by atoms with E-state index < -0.39 is 0 Å². The number of likely N-dealkylation sites (tertiary alicyclic amines) is 1. The maximum atomic E-state index is 5.59. The lowest BCUT2D eigenvalue weighted by Crippen LogP contribution is -2.23. The van der Waals surface area contributed by atoms with E-state index in [9.17, 15) is 0 Å². The van der Waals surface area contributed by atoms with Gasteiger partial charge in [0.05, 0.1) is 20.8 Å². The normalized spacial score (nSPS) is 18.0. The van der Waals surface area contributed by atoms with E-state index in [0.29, 0.717) is 24.4 Å². The third kappa shape index (κ3) is 4.12. The van der Waals surface area contributed by atoms with Crippen LogP contribution in [0.3, 0.4) is 0 Å². The molecule has 2 aromatic rings. The number of rotatable bonds is 7. The van der Waals surface area contributed by atoms with Gasteiger partial charge < -0.3 is 14.0 Å². The minimum Gasteiger partial charge on any atom is -0.497 e. The van der Waals surface area contributed by atoms with E-state index >= 15 is 0 Å². The van der Waals surface area contributed by atoms with Crippen molar-refractivity contribution in [2.75, 3.05) is 20.8 Å². The van der Waals surface area contributed by atoms with Crippen LogP contribution in [0.25, 0.3) is 0 Å². The Morgan fingerprint density at radius 2 is 2.12 bits per heavy atom. The average molecular weight is 345 g/mol. The third-order valence-corrected chi connectivity index (χ3v) is 4.60. The molecule has 1 aromatic carbocycles. The maximum Gasteiger partial charge on any atom is 0.240 e. The summed E-state index contributed by atoms with van der Waals surface area (Å²) in [5.74, 6) is 3.68. The number of ether oxygens (including phenoxy) is 2. The Bertz CT molecular complexity index is 699. The molecule has 136 valence electrons. The summed E-state index contributed by atoms with van der Waals surface area (Å²) in [6, 6.07) is 6.32. The molecule has 6 nitrogen and oxygen atoms in total. The van der Waals surface area contributed by atoms with Crippen molar-refractivity contribution in [1.29, 1.82) is 0 Å². The van der Waals surface area contributed by atoms with Crippen molar-refractivity contribution in [1.82, 2.24) is 15.0 Å². The zero-order chi connectivity index (χ0) is 17.8. The fourth-order valence-electron chi connectivity index (χ4n) is 3.44. The van der Waals surface area contributed by atoms with Gasteiger partial charge in [-0.2, -0.15) is 4.98 Å². The van der Waals surface area contributed by atoms with Crippen LogP contribution in [0.2, 0.25) is 0 Å². The molecule has 0 saturated carbocycles. The molecule has 1 saturated heterocycles. The molecule has 1 aliphatic heterocycles. The molecule has 1 aliphatic rings. The van der Waals surface area contributed by atoms with Crippen LogP contribution in [0, 0.1) is 5.92 Å². The molecule has 6 heteroatoms. The predicted molar refractivity (Wildman–Crippen MR) is 94.8 cm³/mol. The summed E-state index contributed by atoms with van der Waals surface area (Å²) in [5.41, 5.74) is 1.18. The van der Waals surface area contributed by atoms with Crippen molar-refractivity contribution in [2.24, 2.45) is 5.92 Å². The number of nitrogens with zero attached hydrogens (tertiary/aromatic N) is 3. The molecular weight excluding hydrogens is 318 g/mol. The molecule has 0 radical (unpaired) electrons. The Labute approximate surface area is 149 Å². The summed E-state index contributed by atoms with van der Waals surface area (Å²) in [7, 11) is 3.37. The minimum absolute atomic E-state index is 0.293. The second-order valence-corrected chi connectivity index (χ2v) is 6.94. The molecule has 1 atom stereocenters. The van der Waals surface area contributed by atoms with Gasteiger partial charge in [-0.25, -0.2) is 0 Å². The van der Waals surface area contributed by atoms with Crippen LogP contribution in [0.1, 0.15) is 50.0 Å². The molecular formula is C19H27N3O3. The van der Waals surface area contributed by atoms with Gasteiger partial charge in [-0.3, -0.25) is 4.90 Å². The fraction of sp³-hybridized carbons (Fsp3) is 0.579. The van der Waals surface area contributed by atoms with Crippen molar-refractivity contribution in [3.05, 3.63) is 35.5 Å². The summed E-state index contributed by atoms with van der Waals surface area (Å²) in [4.78, 5) is 6.93. The summed E-state index contributed by atoms with van der Waals surface area (Å²) in [6.07, 6.45) is 3.09. The Hall–Kier alpha value is -2.08. The van der Waals surface area contributed by atoms with E-state index in [-0.39, 0.29) is 0 Å². The highest BCUT2D eigenvalue weighted by atomic mass is 16.5. The topological polar surface area (TPSA) is 60.6 Å². The molecule has 0 unspecified atom stereocenters. The first kappa shape index (κ1) is 17.7. The number of hydrogen-bond acceptors (Lipinski definition) is 6. The summed E-state index contributed by atoms with van der Waals surface area (Å²) >= 11 is 0. The molecule has 3 rings (SSSR count). The number of aromatic nitrogens is 2. The first-order chi connectivity index (χ1) is 12.1. The van der Waals surface area contributed by atoms with E-state index in [0.717, 1.165) is 43.1 Å². The second kappa shape index (κ2) is 7.87. The molecule has 2 heterocycles. The number of benzene rings is 1. The van der Waals surface area contributed by atoms with Gasteiger partial charge in [0, 0.05) is 24.1 Å². The van der Waals surface area contributed by atoms with E-state index in [2.05, 4.69) is 35.0 Å². The van der Waals surface area contributed by atoms with Gasteiger partial charge in [0.25, 0.3) is 0 Å². The highest BCUT2D eigenvalue weighted by Gasteiger charge is 2.30. The fourth-order valence-corrected chi connectivity index (χ4v) is 3.44. The first-order valence-electron chi connectivity index (χ1n) is 8.88. The second-order valence-electron chi connectivity index (χ2n) is 6.94. The predicted octanol–water partition coefficient (Wildman–Crippen LogP) is 3.62. The van der Waals surface area contributed by atoms with Crippen LogP contribution >= 0.6 is 0 Å². The van der Waals surface area contributed by atoms with Gasteiger partial charge in [0.2, 0.25) is 5.89 Å². The lowest BCUT2D eigenvalue weighted by molar-refractivity contribution is 0.209. The molecule has 0 spiro atoms. The molecule has 0 N–H and O–H groups in total. The minimum atomic E-state index is 0.293. The highest BCUT2D eigenvalue weighted by molar-refractivity contribution is 5.42. The molecule has 0 bridgehead atoms. The highest BCUT2D eigenvalue weighted by Crippen LogP contribution is 2.39. The monoisotopic (exact) mass is 345 g/mol. The molecule has 25 heavy (non-hydrogen) atoms. The lowest BCUT2D eigenvalue weighted by Gasteiger charge is -2.25. The summed E-state index contributed by atoms with van der Waals surface area (Å²) in [6.45, 7) is 6.00. The maximum absolute atomic E-state index is 5.59. The van der Waals surface area contributed by atoms with Crippen LogP contribution in [-0.2, 0) is 13.0 Å². The van der Waals surface area contributed by atoms with E-state index in [4.69, 9.17) is 14.0 Å². The lowest BCUT2D eigenvalue weighted by atomic mass is 10.0. The smallest absolute Gasteiger partial charge is 0.240 e. The SMILES string of the molecule is COc1ccc([C@H]2CCCN2Cc2nc(CC(C)C)no2)c(OC)c1.